The first-order valence-corrected chi connectivity index (χ1v) is 6.95. The van der Waals surface area contributed by atoms with Crippen molar-refractivity contribution in [1.82, 2.24) is 20.8 Å². The van der Waals surface area contributed by atoms with E-state index in [0.717, 1.165) is 0 Å². The molecule has 1 aromatic heterocycles. The smallest absolute Gasteiger partial charge is 0.405 e. The van der Waals surface area contributed by atoms with Gasteiger partial charge in [0.15, 0.2) is 11.8 Å². The molecule has 2 N–H and O–H groups in total. The number of benzene rings is 1. The molecule has 0 atom stereocenters. The first-order valence-electron chi connectivity index (χ1n) is 6.95. The van der Waals surface area contributed by atoms with Gasteiger partial charge in [0.1, 0.15) is 5.75 Å². The second kappa shape index (κ2) is 9.44. The number of hydrogen-bond donors (Lipinski definition) is 2. The number of para-hydroxylation sites is 1. The van der Waals surface area contributed by atoms with Gasteiger partial charge in [-0.1, -0.05) is 23.4 Å². The van der Waals surface area contributed by atoms with Crippen LogP contribution in [0, 0.1) is 6.92 Å². The highest BCUT2D eigenvalue weighted by molar-refractivity contribution is 14.0. The van der Waals surface area contributed by atoms with E-state index in [1.54, 1.807) is 13.0 Å². The van der Waals surface area contributed by atoms with E-state index in [1.165, 1.54) is 25.2 Å². The number of aliphatic imine (C=N–C) groups is 1. The fourth-order valence-electron chi connectivity index (χ4n) is 1.84. The molecule has 0 fully saturated rings. The van der Waals surface area contributed by atoms with Gasteiger partial charge in [0, 0.05) is 19.2 Å². The van der Waals surface area contributed by atoms with Crippen molar-refractivity contribution in [2.75, 3.05) is 7.05 Å². The highest BCUT2D eigenvalue weighted by Crippen LogP contribution is 2.25. The van der Waals surface area contributed by atoms with Crippen LogP contribution in [0.2, 0.25) is 0 Å². The number of halogens is 4. The standard InChI is InChI=1S/C14H16F3N5O2.HI/c1-9-21-12(24-22-9)8-20-13(18-2)19-7-10-5-3-4-6-11(10)23-14(15,16)17;/h3-6H,7-8H2,1-2H3,(H2,18,19,20);1H. The molecule has 0 saturated carbocycles. The molecule has 0 aliphatic rings. The molecule has 11 heteroatoms. The summed E-state index contributed by atoms with van der Waals surface area (Å²) in [6, 6.07) is 5.87. The Morgan fingerprint density at radius 1 is 1.24 bits per heavy atom. The number of hydrogen-bond acceptors (Lipinski definition) is 5. The van der Waals surface area contributed by atoms with Gasteiger partial charge in [-0.3, -0.25) is 4.99 Å². The third kappa shape index (κ3) is 7.15. The number of ether oxygens (including phenoxy) is 1. The van der Waals surface area contributed by atoms with Crippen LogP contribution in [0.1, 0.15) is 17.3 Å². The van der Waals surface area contributed by atoms with Gasteiger partial charge < -0.3 is 19.9 Å². The minimum Gasteiger partial charge on any atom is -0.405 e. The van der Waals surface area contributed by atoms with Crippen LogP contribution in [0.3, 0.4) is 0 Å². The van der Waals surface area contributed by atoms with Crippen LogP contribution in [-0.2, 0) is 13.1 Å². The van der Waals surface area contributed by atoms with Crippen LogP contribution in [0.4, 0.5) is 13.2 Å². The minimum absolute atomic E-state index is 0. The average molecular weight is 471 g/mol. The predicted octanol–water partition coefficient (Wildman–Crippen LogP) is 2.76. The van der Waals surface area contributed by atoms with Gasteiger partial charge in [-0.2, -0.15) is 4.98 Å². The van der Waals surface area contributed by atoms with E-state index in [0.29, 0.717) is 23.2 Å². The number of nitrogens with zero attached hydrogens (tertiary/aromatic N) is 3. The molecule has 0 bridgehead atoms. The number of aromatic nitrogens is 2. The van der Waals surface area contributed by atoms with Gasteiger partial charge in [-0.05, 0) is 13.0 Å². The van der Waals surface area contributed by atoms with Crippen molar-refractivity contribution < 1.29 is 22.4 Å². The maximum Gasteiger partial charge on any atom is 0.573 e. The van der Waals surface area contributed by atoms with E-state index in [4.69, 9.17) is 4.52 Å². The van der Waals surface area contributed by atoms with Crippen LogP contribution in [-0.4, -0.2) is 29.5 Å². The zero-order valence-corrected chi connectivity index (χ0v) is 15.8. The first-order chi connectivity index (χ1) is 11.4. The average Bonchev–Trinajstić information content (AvgIpc) is 2.93. The number of nitrogens with one attached hydrogen (secondary N) is 2. The maximum atomic E-state index is 12.4. The largest absolute Gasteiger partial charge is 0.573 e. The summed E-state index contributed by atoms with van der Waals surface area (Å²) in [7, 11) is 1.53. The molecule has 0 saturated heterocycles. The lowest BCUT2D eigenvalue weighted by Crippen LogP contribution is -2.36. The molecule has 138 valence electrons. The fraction of sp³-hybridized carbons (Fsp3) is 0.357. The SMILES string of the molecule is CN=C(NCc1nc(C)no1)NCc1ccccc1OC(F)(F)F.I. The molecule has 7 nitrogen and oxygen atoms in total. The minimum atomic E-state index is -4.74. The van der Waals surface area contributed by atoms with Crippen LogP contribution in [0.25, 0.3) is 0 Å². The number of rotatable bonds is 5. The highest BCUT2D eigenvalue weighted by Gasteiger charge is 2.31. The summed E-state index contributed by atoms with van der Waals surface area (Å²) >= 11 is 0. The zero-order valence-electron chi connectivity index (χ0n) is 13.4. The third-order valence-electron chi connectivity index (χ3n) is 2.84. The Morgan fingerprint density at radius 3 is 2.52 bits per heavy atom. The molecule has 25 heavy (non-hydrogen) atoms. The Labute approximate surface area is 159 Å². The first kappa shape index (κ1) is 21.0. The molecule has 0 aliphatic carbocycles. The van der Waals surface area contributed by atoms with Crippen LogP contribution >= 0.6 is 24.0 Å². The van der Waals surface area contributed by atoms with Gasteiger partial charge in [-0.15, -0.1) is 37.1 Å². The van der Waals surface area contributed by atoms with Crippen molar-refractivity contribution in [3.63, 3.8) is 0 Å². The normalized spacial score (nSPS) is 11.6. The number of alkyl halides is 3. The van der Waals surface area contributed by atoms with E-state index >= 15 is 0 Å². The quantitative estimate of drug-likeness (QED) is 0.397. The lowest BCUT2D eigenvalue weighted by Gasteiger charge is -2.15. The van der Waals surface area contributed by atoms with Crippen molar-refractivity contribution in [2.24, 2.45) is 4.99 Å². The maximum absolute atomic E-state index is 12.4. The van der Waals surface area contributed by atoms with Crippen molar-refractivity contribution in [3.8, 4) is 5.75 Å². The lowest BCUT2D eigenvalue weighted by atomic mass is 10.2. The Hall–Kier alpha value is -2.05. The fourth-order valence-corrected chi connectivity index (χ4v) is 1.84. The molecule has 2 rings (SSSR count). The summed E-state index contributed by atoms with van der Waals surface area (Å²) in [5, 5.41) is 9.46. The summed E-state index contributed by atoms with van der Waals surface area (Å²) < 4.78 is 46.1. The molecule has 1 heterocycles. The molecule has 2 aromatic rings. The lowest BCUT2D eigenvalue weighted by molar-refractivity contribution is -0.274. The Bertz CT molecular complexity index is 706. The Kier molecular flexibility index (Phi) is 7.93. The molecule has 0 spiro atoms. The second-order valence-corrected chi connectivity index (χ2v) is 4.67. The van der Waals surface area contributed by atoms with Gasteiger partial charge in [0.2, 0.25) is 5.89 Å². The topological polar surface area (TPSA) is 84.6 Å². The van der Waals surface area contributed by atoms with E-state index in [2.05, 4.69) is 30.5 Å². The van der Waals surface area contributed by atoms with Crippen LogP contribution in [0.5, 0.6) is 5.75 Å². The molecule has 0 amide bonds. The van der Waals surface area contributed by atoms with Crippen molar-refractivity contribution >= 4 is 29.9 Å². The predicted molar refractivity (Wildman–Crippen MR) is 94.6 cm³/mol. The number of guanidine groups is 1. The summed E-state index contributed by atoms with van der Waals surface area (Å²) in [6.45, 7) is 2.02. The van der Waals surface area contributed by atoms with Gasteiger partial charge in [0.05, 0.1) is 6.54 Å². The molecule has 1 aromatic carbocycles. The number of aryl methyl sites for hydroxylation is 1. The monoisotopic (exact) mass is 471 g/mol. The van der Waals surface area contributed by atoms with Gasteiger partial charge in [0.25, 0.3) is 0 Å². The summed E-state index contributed by atoms with van der Waals surface area (Å²) in [6.07, 6.45) is -4.74. The molecule has 0 unspecified atom stereocenters. The zero-order chi connectivity index (χ0) is 17.6. The van der Waals surface area contributed by atoms with Crippen molar-refractivity contribution in [1.29, 1.82) is 0 Å². The highest BCUT2D eigenvalue weighted by atomic mass is 127. The van der Waals surface area contributed by atoms with Crippen LogP contribution < -0.4 is 15.4 Å². The summed E-state index contributed by atoms with van der Waals surface area (Å²) in [5.41, 5.74) is 0.339. The van der Waals surface area contributed by atoms with Crippen molar-refractivity contribution in [2.45, 2.75) is 26.4 Å². The Morgan fingerprint density at radius 2 is 1.92 bits per heavy atom. The van der Waals surface area contributed by atoms with E-state index in [9.17, 15) is 13.2 Å². The molecular formula is C14H17F3IN5O2. The third-order valence-corrected chi connectivity index (χ3v) is 2.84. The molecule has 0 radical (unpaired) electrons. The Balaban J connectivity index is 0.00000312. The second-order valence-electron chi connectivity index (χ2n) is 4.67. The van der Waals surface area contributed by atoms with Gasteiger partial charge >= 0.3 is 6.36 Å². The summed E-state index contributed by atoms with van der Waals surface area (Å²) in [5.74, 6) is 0.984. The van der Waals surface area contributed by atoms with Gasteiger partial charge in [-0.25, -0.2) is 0 Å². The summed E-state index contributed by atoms with van der Waals surface area (Å²) in [4.78, 5) is 7.99. The molecule has 0 aliphatic heterocycles. The van der Waals surface area contributed by atoms with Crippen molar-refractivity contribution in [3.05, 3.63) is 41.5 Å². The van der Waals surface area contributed by atoms with E-state index < -0.39 is 6.36 Å². The van der Waals surface area contributed by atoms with E-state index in [-0.39, 0.29) is 42.8 Å². The molecular weight excluding hydrogens is 454 g/mol. The van der Waals surface area contributed by atoms with Crippen LogP contribution in [0.15, 0.2) is 33.8 Å². The van der Waals surface area contributed by atoms with E-state index in [1.807, 2.05) is 0 Å².